The summed E-state index contributed by atoms with van der Waals surface area (Å²) in [6, 6.07) is 13.4. The summed E-state index contributed by atoms with van der Waals surface area (Å²) >= 11 is 7.68. The number of nitrogens with one attached hydrogen (secondary N) is 1. The molecule has 0 saturated heterocycles. The molecule has 2 rings (SSSR count). The molecule has 0 amide bonds. The third-order valence-electron chi connectivity index (χ3n) is 2.68. The normalized spacial score (nSPS) is 12.6. The highest BCUT2D eigenvalue weighted by Gasteiger charge is 2.15. The Labute approximate surface area is 134 Å². The van der Waals surface area contributed by atoms with Crippen molar-refractivity contribution in [2.45, 2.75) is 19.4 Å². The third-order valence-corrected chi connectivity index (χ3v) is 5.09. The van der Waals surface area contributed by atoms with Gasteiger partial charge in [0, 0.05) is 8.45 Å². The molecule has 1 N–H and O–H groups in total. The van der Waals surface area contributed by atoms with Gasteiger partial charge in [-0.05, 0) is 81.3 Å². The molecule has 0 aliphatic rings. The summed E-state index contributed by atoms with van der Waals surface area (Å²) in [7, 11) is 0. The Kier molecular flexibility index (Phi) is 5.66. The molecule has 1 heterocycles. The van der Waals surface area contributed by atoms with Crippen LogP contribution in [0.25, 0.3) is 0 Å². The molecule has 96 valence electrons. The van der Waals surface area contributed by atoms with Crippen LogP contribution in [0.1, 0.15) is 29.8 Å². The summed E-state index contributed by atoms with van der Waals surface area (Å²) in [6.07, 6.45) is 1.15. The van der Waals surface area contributed by atoms with Crippen molar-refractivity contribution < 1.29 is 0 Å². The van der Waals surface area contributed by atoms with Crippen LogP contribution in [0.15, 0.2) is 40.2 Å². The Morgan fingerprint density at radius 1 is 1.22 bits per heavy atom. The monoisotopic (exact) mass is 435 g/mol. The molecule has 4 heteroatoms. The molecule has 18 heavy (non-hydrogen) atoms. The van der Waals surface area contributed by atoms with E-state index in [1.807, 2.05) is 0 Å². The maximum Gasteiger partial charge on any atom is 0.0702 e. The van der Waals surface area contributed by atoms with E-state index in [1.54, 1.807) is 11.3 Å². The van der Waals surface area contributed by atoms with Crippen LogP contribution in [0.3, 0.4) is 0 Å². The first-order valence-corrected chi connectivity index (χ1v) is 8.63. The zero-order valence-electron chi connectivity index (χ0n) is 10.1. The Morgan fingerprint density at radius 2 is 1.94 bits per heavy atom. The van der Waals surface area contributed by atoms with E-state index in [-0.39, 0.29) is 0 Å². The summed E-state index contributed by atoms with van der Waals surface area (Å²) in [6.45, 7) is 3.23. The third kappa shape index (κ3) is 3.79. The van der Waals surface area contributed by atoms with Gasteiger partial charge in [-0.25, -0.2) is 0 Å². The molecule has 1 nitrogen and oxygen atoms in total. The van der Waals surface area contributed by atoms with Crippen molar-refractivity contribution in [2.75, 3.05) is 6.54 Å². The Hall–Kier alpha value is 0.0900. The SMILES string of the molecule is CCCNC(c1ccc(I)cc1)c1ccc(Br)s1. The van der Waals surface area contributed by atoms with E-state index >= 15 is 0 Å². The van der Waals surface area contributed by atoms with E-state index in [0.29, 0.717) is 6.04 Å². The van der Waals surface area contributed by atoms with Crippen molar-refractivity contribution in [1.82, 2.24) is 5.32 Å². The quantitative estimate of drug-likeness (QED) is 0.636. The molecule has 0 spiro atoms. The van der Waals surface area contributed by atoms with Crippen molar-refractivity contribution >= 4 is 49.9 Å². The zero-order valence-corrected chi connectivity index (χ0v) is 14.7. The molecule has 1 unspecified atom stereocenters. The van der Waals surface area contributed by atoms with Crippen LogP contribution in [0, 0.1) is 3.57 Å². The lowest BCUT2D eigenvalue weighted by Gasteiger charge is -2.17. The number of rotatable bonds is 5. The van der Waals surface area contributed by atoms with Crippen molar-refractivity contribution in [3.05, 3.63) is 54.2 Å². The topological polar surface area (TPSA) is 12.0 Å². The van der Waals surface area contributed by atoms with Crippen LogP contribution in [-0.2, 0) is 0 Å². The number of halogens is 2. The average Bonchev–Trinajstić information content (AvgIpc) is 2.78. The molecule has 1 aromatic carbocycles. The van der Waals surface area contributed by atoms with Gasteiger partial charge in [-0.2, -0.15) is 0 Å². The largest absolute Gasteiger partial charge is 0.306 e. The van der Waals surface area contributed by atoms with Gasteiger partial charge in [0.05, 0.1) is 9.83 Å². The lowest BCUT2D eigenvalue weighted by atomic mass is 10.1. The summed E-state index contributed by atoms with van der Waals surface area (Å²) in [5.41, 5.74) is 1.33. The first kappa shape index (κ1) is 14.5. The molecule has 0 bridgehead atoms. The highest BCUT2D eigenvalue weighted by molar-refractivity contribution is 14.1. The fraction of sp³-hybridized carbons (Fsp3) is 0.286. The molecule has 2 aromatic rings. The van der Waals surface area contributed by atoms with E-state index in [0.717, 1.165) is 13.0 Å². The summed E-state index contributed by atoms with van der Waals surface area (Å²) in [4.78, 5) is 1.36. The van der Waals surface area contributed by atoms with Crippen LogP contribution in [0.4, 0.5) is 0 Å². The molecule has 1 aromatic heterocycles. The van der Waals surface area contributed by atoms with Gasteiger partial charge in [0.15, 0.2) is 0 Å². The molecular formula is C14H15BrINS. The standard InChI is InChI=1S/C14H15BrINS/c1-2-9-17-14(12-7-8-13(15)18-12)10-3-5-11(16)6-4-10/h3-8,14,17H,2,9H2,1H3. The minimum atomic E-state index is 0.304. The molecule has 1 atom stereocenters. The van der Waals surface area contributed by atoms with Gasteiger partial charge in [-0.15, -0.1) is 11.3 Å². The van der Waals surface area contributed by atoms with Gasteiger partial charge in [-0.3, -0.25) is 0 Å². The van der Waals surface area contributed by atoms with Gasteiger partial charge in [-0.1, -0.05) is 19.1 Å². The maximum atomic E-state index is 3.62. The van der Waals surface area contributed by atoms with Crippen molar-refractivity contribution in [1.29, 1.82) is 0 Å². The molecule has 0 saturated carbocycles. The predicted molar refractivity (Wildman–Crippen MR) is 91.3 cm³/mol. The van der Waals surface area contributed by atoms with E-state index in [9.17, 15) is 0 Å². The van der Waals surface area contributed by atoms with Gasteiger partial charge in [0.2, 0.25) is 0 Å². The molecule has 0 radical (unpaired) electrons. The van der Waals surface area contributed by atoms with Crippen LogP contribution < -0.4 is 5.32 Å². The lowest BCUT2D eigenvalue weighted by Crippen LogP contribution is -2.22. The maximum absolute atomic E-state index is 3.62. The van der Waals surface area contributed by atoms with Gasteiger partial charge >= 0.3 is 0 Å². The van der Waals surface area contributed by atoms with Crippen LogP contribution >= 0.6 is 49.9 Å². The molecule has 0 aliphatic heterocycles. The predicted octanol–water partition coefficient (Wildman–Crippen LogP) is 5.20. The van der Waals surface area contributed by atoms with Crippen molar-refractivity contribution in [2.24, 2.45) is 0 Å². The second-order valence-electron chi connectivity index (χ2n) is 4.08. The summed E-state index contributed by atoms with van der Waals surface area (Å²) in [5.74, 6) is 0. The zero-order chi connectivity index (χ0) is 13.0. The van der Waals surface area contributed by atoms with Crippen LogP contribution in [0.2, 0.25) is 0 Å². The Bertz CT molecular complexity index is 495. The molecule has 0 aliphatic carbocycles. The van der Waals surface area contributed by atoms with E-state index in [1.165, 1.54) is 17.8 Å². The van der Waals surface area contributed by atoms with Gasteiger partial charge in [0.25, 0.3) is 0 Å². The second kappa shape index (κ2) is 7.03. The number of hydrogen-bond donors (Lipinski definition) is 1. The van der Waals surface area contributed by atoms with Crippen molar-refractivity contribution in [3.63, 3.8) is 0 Å². The van der Waals surface area contributed by atoms with E-state index < -0.39 is 0 Å². The Balaban J connectivity index is 2.27. The van der Waals surface area contributed by atoms with Crippen molar-refractivity contribution in [3.8, 4) is 0 Å². The highest BCUT2D eigenvalue weighted by Crippen LogP contribution is 2.31. The molecule has 0 fully saturated rings. The number of thiophene rings is 1. The summed E-state index contributed by atoms with van der Waals surface area (Å²) < 4.78 is 2.46. The van der Waals surface area contributed by atoms with E-state index in [2.05, 4.69) is 87.2 Å². The van der Waals surface area contributed by atoms with Gasteiger partial charge < -0.3 is 5.32 Å². The van der Waals surface area contributed by atoms with Crippen LogP contribution in [-0.4, -0.2) is 6.54 Å². The summed E-state index contributed by atoms with van der Waals surface area (Å²) in [5, 5.41) is 3.62. The average molecular weight is 436 g/mol. The lowest BCUT2D eigenvalue weighted by molar-refractivity contribution is 0.606. The first-order valence-electron chi connectivity index (χ1n) is 5.94. The number of benzene rings is 1. The fourth-order valence-corrected chi connectivity index (χ4v) is 3.70. The Morgan fingerprint density at radius 3 is 2.50 bits per heavy atom. The smallest absolute Gasteiger partial charge is 0.0702 e. The second-order valence-corrected chi connectivity index (χ2v) is 7.82. The van der Waals surface area contributed by atoms with E-state index in [4.69, 9.17) is 0 Å². The van der Waals surface area contributed by atoms with Gasteiger partial charge in [0.1, 0.15) is 0 Å². The minimum absolute atomic E-state index is 0.304. The highest BCUT2D eigenvalue weighted by atomic mass is 127. The number of hydrogen-bond acceptors (Lipinski definition) is 2. The van der Waals surface area contributed by atoms with Crippen LogP contribution in [0.5, 0.6) is 0 Å². The fourth-order valence-electron chi connectivity index (χ4n) is 1.81. The minimum Gasteiger partial charge on any atom is -0.306 e. The molecular weight excluding hydrogens is 421 g/mol. The first-order chi connectivity index (χ1) is 8.70.